The van der Waals surface area contributed by atoms with Crippen molar-refractivity contribution >= 4 is 11.6 Å². The fraction of sp³-hybridized carbons (Fsp3) is 0.200. The quantitative estimate of drug-likeness (QED) is 0.631. The van der Waals surface area contributed by atoms with Gasteiger partial charge in [0.25, 0.3) is 5.91 Å². The van der Waals surface area contributed by atoms with Crippen LogP contribution in [0.3, 0.4) is 0 Å². The lowest BCUT2D eigenvalue weighted by atomic mass is 10.1. The van der Waals surface area contributed by atoms with Gasteiger partial charge in [-0.15, -0.1) is 0 Å². The van der Waals surface area contributed by atoms with E-state index in [2.05, 4.69) is 17.4 Å². The molecule has 2 aromatic carbocycles. The Hall–Kier alpha value is -3.08. The van der Waals surface area contributed by atoms with E-state index in [1.807, 2.05) is 54.6 Å². The van der Waals surface area contributed by atoms with Gasteiger partial charge in [-0.2, -0.15) is 0 Å². The van der Waals surface area contributed by atoms with Gasteiger partial charge in [-0.05, 0) is 42.8 Å². The van der Waals surface area contributed by atoms with Gasteiger partial charge < -0.3 is 14.6 Å². The van der Waals surface area contributed by atoms with Crippen LogP contribution in [0.2, 0.25) is 0 Å². The molecule has 1 aromatic heterocycles. The molecule has 128 valence electrons. The molecule has 3 rings (SSSR count). The highest BCUT2D eigenvalue weighted by Gasteiger charge is 2.14. The van der Waals surface area contributed by atoms with Crippen molar-refractivity contribution in [2.45, 2.75) is 19.8 Å². The molecule has 0 aliphatic rings. The van der Waals surface area contributed by atoms with Crippen LogP contribution in [-0.4, -0.2) is 17.7 Å². The van der Waals surface area contributed by atoms with Crippen molar-refractivity contribution in [1.82, 2.24) is 5.16 Å². The largest absolute Gasteiger partial charge is 0.494 e. The molecule has 0 saturated heterocycles. The monoisotopic (exact) mass is 336 g/mol. The van der Waals surface area contributed by atoms with E-state index in [9.17, 15) is 4.79 Å². The highest BCUT2D eigenvalue weighted by atomic mass is 16.5. The van der Waals surface area contributed by atoms with Crippen molar-refractivity contribution < 1.29 is 14.1 Å². The number of carbonyl (C=O) groups excluding carboxylic acids is 1. The molecule has 0 radical (unpaired) electrons. The molecule has 0 spiro atoms. The highest BCUT2D eigenvalue weighted by Crippen LogP contribution is 2.23. The first-order chi connectivity index (χ1) is 12.3. The SMILES string of the molecule is CCCCOc1ccc(-c2cc(C(=O)Nc3ccccc3)no2)cc1. The van der Waals surface area contributed by atoms with Gasteiger partial charge in [0, 0.05) is 17.3 Å². The maximum absolute atomic E-state index is 12.2. The molecule has 0 atom stereocenters. The average Bonchev–Trinajstić information content (AvgIpc) is 3.14. The van der Waals surface area contributed by atoms with E-state index < -0.39 is 0 Å². The number of rotatable bonds is 7. The minimum Gasteiger partial charge on any atom is -0.494 e. The van der Waals surface area contributed by atoms with Crippen molar-refractivity contribution in [1.29, 1.82) is 0 Å². The number of carbonyl (C=O) groups is 1. The second-order valence-corrected chi connectivity index (χ2v) is 5.62. The summed E-state index contributed by atoms with van der Waals surface area (Å²) in [6, 6.07) is 18.4. The van der Waals surface area contributed by atoms with Gasteiger partial charge in [0.1, 0.15) is 5.75 Å². The van der Waals surface area contributed by atoms with E-state index in [1.54, 1.807) is 6.07 Å². The smallest absolute Gasteiger partial charge is 0.277 e. The maximum atomic E-state index is 12.2. The highest BCUT2D eigenvalue weighted by molar-refractivity contribution is 6.03. The second-order valence-electron chi connectivity index (χ2n) is 5.62. The number of para-hydroxylation sites is 1. The summed E-state index contributed by atoms with van der Waals surface area (Å²) in [6.07, 6.45) is 2.13. The third-order valence-corrected chi connectivity index (χ3v) is 3.68. The van der Waals surface area contributed by atoms with Crippen molar-refractivity contribution in [2.24, 2.45) is 0 Å². The van der Waals surface area contributed by atoms with E-state index in [1.165, 1.54) is 0 Å². The Morgan fingerprint density at radius 1 is 1.12 bits per heavy atom. The zero-order valence-electron chi connectivity index (χ0n) is 14.1. The number of hydrogen-bond donors (Lipinski definition) is 1. The first kappa shape index (κ1) is 16.8. The van der Waals surface area contributed by atoms with Gasteiger partial charge >= 0.3 is 0 Å². The normalized spacial score (nSPS) is 10.4. The molecular formula is C20H20N2O3. The minimum absolute atomic E-state index is 0.238. The van der Waals surface area contributed by atoms with Crippen LogP contribution in [-0.2, 0) is 0 Å². The molecule has 0 aliphatic heterocycles. The molecular weight excluding hydrogens is 316 g/mol. The van der Waals surface area contributed by atoms with E-state index in [-0.39, 0.29) is 11.6 Å². The molecule has 0 bridgehead atoms. The fourth-order valence-corrected chi connectivity index (χ4v) is 2.28. The Morgan fingerprint density at radius 3 is 2.60 bits per heavy atom. The minimum atomic E-state index is -0.305. The summed E-state index contributed by atoms with van der Waals surface area (Å²) in [5, 5.41) is 6.63. The van der Waals surface area contributed by atoms with Crippen molar-refractivity contribution in [3.63, 3.8) is 0 Å². The number of benzene rings is 2. The van der Waals surface area contributed by atoms with Gasteiger partial charge in [-0.1, -0.05) is 36.7 Å². The van der Waals surface area contributed by atoms with Crippen molar-refractivity contribution in [3.05, 3.63) is 66.4 Å². The van der Waals surface area contributed by atoms with Gasteiger partial charge in [-0.3, -0.25) is 4.79 Å². The van der Waals surface area contributed by atoms with Gasteiger partial charge in [0.15, 0.2) is 11.5 Å². The summed E-state index contributed by atoms with van der Waals surface area (Å²) in [5.74, 6) is 1.05. The third-order valence-electron chi connectivity index (χ3n) is 3.68. The predicted octanol–water partition coefficient (Wildman–Crippen LogP) is 4.77. The van der Waals surface area contributed by atoms with E-state index >= 15 is 0 Å². The molecule has 1 heterocycles. The Kier molecular flexibility index (Phi) is 5.46. The fourth-order valence-electron chi connectivity index (χ4n) is 2.28. The number of nitrogens with zero attached hydrogens (tertiary/aromatic N) is 1. The van der Waals surface area contributed by atoms with Crippen LogP contribution in [0.4, 0.5) is 5.69 Å². The van der Waals surface area contributed by atoms with Crippen molar-refractivity contribution in [2.75, 3.05) is 11.9 Å². The standard InChI is InChI=1S/C20H20N2O3/c1-2-3-13-24-17-11-9-15(10-12-17)19-14-18(22-25-19)20(23)21-16-7-5-4-6-8-16/h4-12,14H,2-3,13H2,1H3,(H,21,23). The lowest BCUT2D eigenvalue weighted by molar-refractivity contribution is 0.101. The summed E-state index contributed by atoms with van der Waals surface area (Å²) in [6.45, 7) is 2.84. The van der Waals surface area contributed by atoms with Crippen LogP contribution in [0.15, 0.2) is 65.2 Å². The maximum Gasteiger partial charge on any atom is 0.277 e. The predicted molar refractivity (Wildman–Crippen MR) is 96.7 cm³/mol. The van der Waals surface area contributed by atoms with Crippen LogP contribution < -0.4 is 10.1 Å². The second kappa shape index (κ2) is 8.15. The van der Waals surface area contributed by atoms with E-state index in [4.69, 9.17) is 9.26 Å². The van der Waals surface area contributed by atoms with Crippen LogP contribution in [0.1, 0.15) is 30.3 Å². The lowest BCUT2D eigenvalue weighted by Gasteiger charge is -2.05. The van der Waals surface area contributed by atoms with Gasteiger partial charge in [-0.25, -0.2) is 0 Å². The van der Waals surface area contributed by atoms with Gasteiger partial charge in [0.05, 0.1) is 6.61 Å². The molecule has 0 fully saturated rings. The summed E-state index contributed by atoms with van der Waals surface area (Å²) in [7, 11) is 0. The number of unbranched alkanes of at least 4 members (excludes halogenated alkanes) is 1. The Balaban J connectivity index is 1.65. The first-order valence-electron chi connectivity index (χ1n) is 8.32. The lowest BCUT2D eigenvalue weighted by Crippen LogP contribution is -2.11. The van der Waals surface area contributed by atoms with Crippen LogP contribution in [0, 0.1) is 0 Å². The Morgan fingerprint density at radius 2 is 1.88 bits per heavy atom. The number of nitrogens with one attached hydrogen (secondary N) is 1. The zero-order valence-corrected chi connectivity index (χ0v) is 14.1. The molecule has 0 saturated carbocycles. The molecule has 0 aliphatic carbocycles. The Bertz CT molecular complexity index is 810. The topological polar surface area (TPSA) is 64.4 Å². The number of ether oxygens (including phenoxy) is 1. The van der Waals surface area contributed by atoms with Gasteiger partial charge in [0.2, 0.25) is 0 Å². The molecule has 1 amide bonds. The molecule has 5 heteroatoms. The number of hydrogen-bond acceptors (Lipinski definition) is 4. The molecule has 0 unspecified atom stereocenters. The first-order valence-corrected chi connectivity index (χ1v) is 8.32. The third kappa shape index (κ3) is 4.47. The summed E-state index contributed by atoms with van der Waals surface area (Å²) in [5.41, 5.74) is 1.79. The number of aromatic nitrogens is 1. The summed E-state index contributed by atoms with van der Waals surface area (Å²) >= 11 is 0. The van der Waals surface area contributed by atoms with E-state index in [0.717, 1.165) is 24.2 Å². The van der Waals surface area contributed by atoms with Crippen LogP contribution in [0.25, 0.3) is 11.3 Å². The molecule has 1 N–H and O–H groups in total. The van der Waals surface area contributed by atoms with Crippen LogP contribution in [0.5, 0.6) is 5.75 Å². The molecule has 3 aromatic rings. The zero-order chi connectivity index (χ0) is 17.5. The molecule has 5 nitrogen and oxygen atoms in total. The summed E-state index contributed by atoms with van der Waals surface area (Å²) < 4.78 is 10.9. The van der Waals surface area contributed by atoms with Crippen molar-refractivity contribution in [3.8, 4) is 17.1 Å². The average molecular weight is 336 g/mol. The number of amides is 1. The Labute approximate surface area is 146 Å². The molecule has 25 heavy (non-hydrogen) atoms. The van der Waals surface area contributed by atoms with E-state index in [0.29, 0.717) is 18.1 Å². The summed E-state index contributed by atoms with van der Waals surface area (Å²) in [4.78, 5) is 12.2. The number of anilines is 1. The van der Waals surface area contributed by atoms with Crippen LogP contribution >= 0.6 is 0 Å².